The number of hydrogen-bond donors (Lipinski definition) is 8. The molecule has 24 nitrogen and oxygen atoms in total. The average molecular weight is 830 g/mol. The third kappa shape index (κ3) is 11.1. The number of amides is 7. The van der Waals surface area contributed by atoms with Gasteiger partial charge in [0.25, 0.3) is 29.5 Å². The van der Waals surface area contributed by atoms with Crippen LogP contribution in [0.25, 0.3) is 0 Å². The van der Waals surface area contributed by atoms with Gasteiger partial charge in [-0.1, -0.05) is 0 Å². The SMILES string of the molecule is Cn1cc(NC(=O)c2nc(NC(=O)CCNC(=O)c3cc(NC(=O)c4nccn4C)cn3C)cn2C)cc1C(=O)NCCC(=O)Nc1cn(C)c(C(=O)NCCC(=O)O)n1. The lowest BCUT2D eigenvalue weighted by molar-refractivity contribution is -0.136. The number of nitrogens with one attached hydrogen (secondary N) is 7. The molecule has 8 N–H and O–H groups in total. The van der Waals surface area contributed by atoms with Crippen molar-refractivity contribution in [2.45, 2.75) is 19.3 Å². The molecule has 0 saturated heterocycles. The third-order valence-corrected chi connectivity index (χ3v) is 8.61. The van der Waals surface area contributed by atoms with E-state index in [0.717, 1.165) is 0 Å². The number of aliphatic carboxylic acids is 1. The fraction of sp³-hybridized carbons (Fsp3) is 0.306. The zero-order valence-corrected chi connectivity index (χ0v) is 33.2. The van der Waals surface area contributed by atoms with E-state index in [1.165, 1.54) is 62.2 Å². The largest absolute Gasteiger partial charge is 0.481 e. The second kappa shape index (κ2) is 18.9. The molecule has 5 aromatic rings. The monoisotopic (exact) mass is 829 g/mol. The molecule has 60 heavy (non-hydrogen) atoms. The van der Waals surface area contributed by atoms with E-state index in [2.05, 4.69) is 52.2 Å². The highest BCUT2D eigenvalue weighted by Gasteiger charge is 2.21. The van der Waals surface area contributed by atoms with E-state index in [9.17, 15) is 38.4 Å². The number of imidazole rings is 3. The highest BCUT2D eigenvalue weighted by molar-refractivity contribution is 6.04. The molecule has 0 aliphatic heterocycles. The number of rotatable bonds is 18. The van der Waals surface area contributed by atoms with Gasteiger partial charge in [-0.2, -0.15) is 0 Å². The van der Waals surface area contributed by atoms with Gasteiger partial charge in [-0.05, 0) is 12.1 Å². The number of aryl methyl sites for hydroxylation is 5. The van der Waals surface area contributed by atoms with Crippen molar-refractivity contribution < 1.29 is 43.5 Å². The topological polar surface area (TPSA) is 304 Å². The Kier molecular flexibility index (Phi) is 13.6. The highest BCUT2D eigenvalue weighted by Crippen LogP contribution is 2.17. The van der Waals surface area contributed by atoms with Crippen LogP contribution in [-0.4, -0.2) is 110 Å². The molecule has 24 heteroatoms. The summed E-state index contributed by atoms with van der Waals surface area (Å²) < 4.78 is 7.34. The molecule has 0 aliphatic carbocycles. The zero-order valence-electron chi connectivity index (χ0n) is 33.2. The molecule has 0 aromatic carbocycles. The van der Waals surface area contributed by atoms with Crippen molar-refractivity contribution in [2.24, 2.45) is 35.2 Å². The first-order chi connectivity index (χ1) is 28.5. The van der Waals surface area contributed by atoms with E-state index >= 15 is 0 Å². The van der Waals surface area contributed by atoms with E-state index in [-0.39, 0.29) is 85.1 Å². The molecular weight excluding hydrogens is 786 g/mol. The van der Waals surface area contributed by atoms with Crippen LogP contribution >= 0.6 is 0 Å². The van der Waals surface area contributed by atoms with Crippen LogP contribution < -0.4 is 37.2 Å². The smallest absolute Gasteiger partial charge is 0.305 e. The number of anilines is 4. The second-order valence-electron chi connectivity index (χ2n) is 13.3. The number of hydrogen-bond acceptors (Lipinski definition) is 11. The first-order valence-corrected chi connectivity index (χ1v) is 18.1. The molecule has 5 aromatic heterocycles. The fourth-order valence-electron chi connectivity index (χ4n) is 5.68. The molecule has 0 bridgehead atoms. The van der Waals surface area contributed by atoms with Gasteiger partial charge in [-0.25, -0.2) is 15.0 Å². The minimum Gasteiger partial charge on any atom is -0.481 e. The molecule has 0 aliphatic rings. The van der Waals surface area contributed by atoms with Gasteiger partial charge >= 0.3 is 5.97 Å². The molecular formula is C36H43N15O9. The Morgan fingerprint density at radius 2 is 0.950 bits per heavy atom. The Labute approximate surface area is 340 Å². The standard InChI is InChI=1S/C36H43N15O9/c1-47-13-12-37-29(47)35(59)41-20-14-22(48(2)16-20)32(56)38-10-7-27(53)44-25-19-51(5)31(46-25)36(60)42-21-15-23(49(3)17-21)33(57)39-9-6-26(52)43-24-18-50(4)30(45-24)34(58)40-11-8-28(54)55/h12-19H,6-11H2,1-5H3,(H,38,56)(H,39,57)(H,40,58)(H,41,59)(H,42,60)(H,43,52)(H,44,53)(H,54,55). The number of carbonyl (C=O) groups excluding carboxylic acids is 7. The minimum absolute atomic E-state index is 0.0186. The third-order valence-electron chi connectivity index (χ3n) is 8.61. The van der Waals surface area contributed by atoms with Gasteiger partial charge in [-0.3, -0.25) is 38.4 Å². The summed E-state index contributed by atoms with van der Waals surface area (Å²) in [7, 11) is 8.00. The predicted octanol–water partition coefficient (Wildman–Crippen LogP) is -0.210. The van der Waals surface area contributed by atoms with Crippen molar-refractivity contribution in [3.63, 3.8) is 0 Å². The molecule has 316 valence electrons. The maximum absolute atomic E-state index is 13.1. The summed E-state index contributed by atoms with van der Waals surface area (Å²) in [6.07, 6.45) is 8.55. The number of carboxylic acid groups (broad SMARTS) is 1. The molecule has 0 saturated carbocycles. The number of carbonyl (C=O) groups is 8. The Bertz CT molecular complexity index is 2470. The van der Waals surface area contributed by atoms with Gasteiger partial charge in [0.05, 0.1) is 17.8 Å². The van der Waals surface area contributed by atoms with E-state index in [0.29, 0.717) is 5.69 Å². The predicted molar refractivity (Wildman–Crippen MR) is 212 cm³/mol. The van der Waals surface area contributed by atoms with Gasteiger partial charge in [0.15, 0.2) is 17.5 Å². The number of aromatic nitrogens is 8. The van der Waals surface area contributed by atoms with E-state index in [4.69, 9.17) is 5.11 Å². The molecule has 0 fully saturated rings. The van der Waals surface area contributed by atoms with Crippen LogP contribution in [0.1, 0.15) is 72.1 Å². The summed E-state index contributed by atoms with van der Waals surface area (Å²) in [5.41, 5.74) is 1.08. The van der Waals surface area contributed by atoms with Gasteiger partial charge < -0.3 is 65.2 Å². The summed E-state index contributed by atoms with van der Waals surface area (Å²) in [5, 5.41) is 26.9. The first kappa shape index (κ1) is 43.1. The van der Waals surface area contributed by atoms with Crippen molar-refractivity contribution in [3.8, 4) is 0 Å². The fourth-order valence-corrected chi connectivity index (χ4v) is 5.68. The van der Waals surface area contributed by atoms with Gasteiger partial charge in [-0.15, -0.1) is 0 Å². The lowest BCUT2D eigenvalue weighted by Crippen LogP contribution is -2.29. The molecule has 0 radical (unpaired) electrons. The zero-order chi connectivity index (χ0) is 43.7. The van der Waals surface area contributed by atoms with Crippen LogP contribution in [0.2, 0.25) is 0 Å². The van der Waals surface area contributed by atoms with Crippen LogP contribution in [-0.2, 0) is 49.6 Å². The van der Waals surface area contributed by atoms with E-state index in [1.807, 2.05) is 0 Å². The summed E-state index contributed by atoms with van der Waals surface area (Å²) in [6.45, 7) is -0.159. The summed E-state index contributed by atoms with van der Waals surface area (Å²) in [6, 6.07) is 2.93. The van der Waals surface area contributed by atoms with Crippen LogP contribution in [0.15, 0.2) is 49.3 Å². The Morgan fingerprint density at radius 3 is 1.40 bits per heavy atom. The molecule has 0 spiro atoms. The summed E-state index contributed by atoms with van der Waals surface area (Å²) >= 11 is 0. The van der Waals surface area contributed by atoms with Crippen molar-refractivity contribution in [1.82, 2.24) is 53.7 Å². The number of nitrogens with zero attached hydrogens (tertiary/aromatic N) is 8. The highest BCUT2D eigenvalue weighted by atomic mass is 16.4. The average Bonchev–Trinajstić information content (AvgIpc) is 4.00. The molecule has 0 atom stereocenters. The quantitative estimate of drug-likeness (QED) is 0.0569. The molecule has 0 unspecified atom stereocenters. The lowest BCUT2D eigenvalue weighted by Gasteiger charge is -2.06. The van der Waals surface area contributed by atoms with Crippen molar-refractivity contribution in [3.05, 3.63) is 78.2 Å². The normalized spacial score (nSPS) is 10.8. The van der Waals surface area contributed by atoms with Crippen molar-refractivity contribution >= 4 is 70.3 Å². The van der Waals surface area contributed by atoms with Crippen molar-refractivity contribution in [2.75, 3.05) is 40.9 Å². The van der Waals surface area contributed by atoms with Gasteiger partial charge in [0, 0.05) is 105 Å². The van der Waals surface area contributed by atoms with Crippen LogP contribution in [0.3, 0.4) is 0 Å². The lowest BCUT2D eigenvalue weighted by atomic mass is 10.3. The van der Waals surface area contributed by atoms with Crippen LogP contribution in [0.4, 0.5) is 23.0 Å². The minimum atomic E-state index is -1.07. The van der Waals surface area contributed by atoms with Crippen molar-refractivity contribution in [1.29, 1.82) is 0 Å². The Hall–Kier alpha value is -8.05. The van der Waals surface area contributed by atoms with Crippen LogP contribution in [0, 0.1) is 0 Å². The molecule has 7 amide bonds. The Morgan fingerprint density at radius 1 is 0.517 bits per heavy atom. The summed E-state index contributed by atoms with van der Waals surface area (Å²) in [4.78, 5) is 112. The maximum Gasteiger partial charge on any atom is 0.305 e. The van der Waals surface area contributed by atoms with E-state index in [1.54, 1.807) is 45.2 Å². The number of carboxylic acids is 1. The maximum atomic E-state index is 13.1. The molecule has 5 rings (SSSR count). The van der Waals surface area contributed by atoms with Gasteiger partial charge in [0.2, 0.25) is 23.5 Å². The van der Waals surface area contributed by atoms with Gasteiger partial charge in [0.1, 0.15) is 11.4 Å². The Balaban J connectivity index is 1.04. The molecule has 5 heterocycles. The second-order valence-corrected chi connectivity index (χ2v) is 13.3. The van der Waals surface area contributed by atoms with E-state index < -0.39 is 47.3 Å². The first-order valence-electron chi connectivity index (χ1n) is 18.1. The summed E-state index contributed by atoms with van der Waals surface area (Å²) in [5.74, 6) is -4.41. The van der Waals surface area contributed by atoms with Crippen LogP contribution in [0.5, 0.6) is 0 Å².